The molecular weight excluding hydrogens is 569 g/mol. The Bertz CT molecular complexity index is 1100. The highest BCUT2D eigenvalue weighted by Gasteiger charge is 2.20. The number of hydrogen-bond donors (Lipinski definition) is 2. The number of rotatable bonds is 10. The van der Waals surface area contributed by atoms with E-state index >= 15 is 0 Å². The van der Waals surface area contributed by atoms with E-state index in [1.165, 1.54) is 6.20 Å². The minimum absolute atomic E-state index is 0.103. The van der Waals surface area contributed by atoms with Gasteiger partial charge in [-0.1, -0.05) is 6.07 Å². The number of nitrogens with two attached hydrogens (primary N) is 1. The van der Waals surface area contributed by atoms with Crippen LogP contribution in [0.25, 0.3) is 5.57 Å². The van der Waals surface area contributed by atoms with E-state index in [0.717, 1.165) is 67.3 Å². The van der Waals surface area contributed by atoms with Crippen molar-refractivity contribution in [1.82, 2.24) is 10.2 Å². The molecule has 194 valence electrons. The molecule has 0 radical (unpaired) electrons. The van der Waals surface area contributed by atoms with Gasteiger partial charge in [-0.05, 0) is 60.9 Å². The van der Waals surface area contributed by atoms with E-state index in [0.29, 0.717) is 11.3 Å². The lowest BCUT2D eigenvalue weighted by Crippen LogP contribution is -2.47. The fourth-order valence-corrected chi connectivity index (χ4v) is 4.51. The zero-order chi connectivity index (χ0) is 26.1. The van der Waals surface area contributed by atoms with Crippen molar-refractivity contribution >= 4 is 46.4 Å². The summed E-state index contributed by atoms with van der Waals surface area (Å²) in [5, 5.41) is 3.16. The SMILES string of the molecule is CN=CC(=CN)c1cc(OC)cc([C@@H](C)NC(=O)c2cc(N3CCN(CCOI)CC3)ccc2C)c1. The van der Waals surface area contributed by atoms with Crippen LogP contribution < -0.4 is 20.7 Å². The summed E-state index contributed by atoms with van der Waals surface area (Å²) in [7, 11) is 3.32. The number of hydrogen-bond acceptors (Lipinski definition) is 7. The Hall–Kier alpha value is -2.63. The number of nitrogens with one attached hydrogen (secondary N) is 1. The third-order valence-corrected chi connectivity index (χ3v) is 6.92. The zero-order valence-electron chi connectivity index (χ0n) is 21.5. The first-order valence-electron chi connectivity index (χ1n) is 12.1. The molecule has 1 aliphatic rings. The molecule has 1 atom stereocenters. The van der Waals surface area contributed by atoms with Gasteiger partial charge in [0.25, 0.3) is 5.91 Å². The number of benzene rings is 2. The molecule has 1 saturated heterocycles. The second-order valence-electron chi connectivity index (χ2n) is 8.84. The van der Waals surface area contributed by atoms with Gasteiger partial charge in [0.15, 0.2) is 0 Å². The maximum absolute atomic E-state index is 13.4. The zero-order valence-corrected chi connectivity index (χ0v) is 23.6. The highest BCUT2D eigenvalue weighted by atomic mass is 127. The first kappa shape index (κ1) is 27.9. The van der Waals surface area contributed by atoms with Crippen molar-refractivity contribution in [1.29, 1.82) is 0 Å². The van der Waals surface area contributed by atoms with Gasteiger partial charge in [-0.3, -0.25) is 14.7 Å². The largest absolute Gasteiger partial charge is 0.497 e. The van der Waals surface area contributed by atoms with Gasteiger partial charge in [-0.25, -0.2) is 0 Å². The van der Waals surface area contributed by atoms with Crippen molar-refractivity contribution in [3.05, 3.63) is 64.9 Å². The minimum Gasteiger partial charge on any atom is -0.497 e. The van der Waals surface area contributed by atoms with E-state index in [2.05, 4.69) is 26.2 Å². The molecule has 1 fully saturated rings. The number of ether oxygens (including phenoxy) is 1. The molecule has 0 saturated carbocycles. The van der Waals surface area contributed by atoms with Gasteiger partial charge < -0.3 is 23.8 Å². The van der Waals surface area contributed by atoms with Crippen LogP contribution in [-0.4, -0.2) is 70.5 Å². The molecule has 1 amide bonds. The number of aliphatic imine (C=N–C) groups is 1. The van der Waals surface area contributed by atoms with Crippen LogP contribution in [0.4, 0.5) is 5.69 Å². The summed E-state index contributed by atoms with van der Waals surface area (Å²) in [5.74, 6) is 0.587. The lowest BCUT2D eigenvalue weighted by molar-refractivity contribution is 0.0939. The molecule has 3 rings (SSSR count). The van der Waals surface area contributed by atoms with E-state index < -0.39 is 0 Å². The number of anilines is 1. The summed E-state index contributed by atoms with van der Waals surface area (Å²) >= 11 is 1.94. The number of allylic oxidation sites excluding steroid dienone is 1. The fraction of sp³-hybridized carbons (Fsp3) is 0.407. The quantitative estimate of drug-likeness (QED) is 0.315. The number of amides is 1. The second kappa shape index (κ2) is 13.6. The van der Waals surface area contributed by atoms with Crippen molar-refractivity contribution in [2.45, 2.75) is 19.9 Å². The summed E-state index contributed by atoms with van der Waals surface area (Å²) in [6, 6.07) is 11.7. The van der Waals surface area contributed by atoms with E-state index in [1.807, 2.05) is 67.2 Å². The van der Waals surface area contributed by atoms with Crippen LogP contribution in [-0.2, 0) is 3.07 Å². The molecule has 2 aromatic rings. The molecule has 3 N–H and O–H groups in total. The van der Waals surface area contributed by atoms with Crippen molar-refractivity contribution < 1.29 is 12.6 Å². The monoisotopic (exact) mass is 605 g/mol. The summed E-state index contributed by atoms with van der Waals surface area (Å²) < 4.78 is 10.7. The molecule has 0 unspecified atom stereocenters. The van der Waals surface area contributed by atoms with Crippen LogP contribution in [0.5, 0.6) is 5.75 Å². The Morgan fingerprint density at radius 2 is 1.97 bits per heavy atom. The van der Waals surface area contributed by atoms with E-state index in [4.69, 9.17) is 13.5 Å². The second-order valence-corrected chi connectivity index (χ2v) is 9.46. The number of halogens is 1. The van der Waals surface area contributed by atoms with Gasteiger partial charge in [0.2, 0.25) is 0 Å². The number of methoxy groups -OCH3 is 1. The number of piperazine rings is 1. The highest BCUT2D eigenvalue weighted by molar-refractivity contribution is 14.1. The number of aryl methyl sites for hydroxylation is 1. The minimum atomic E-state index is -0.240. The highest BCUT2D eigenvalue weighted by Crippen LogP contribution is 2.27. The van der Waals surface area contributed by atoms with Gasteiger partial charge in [-0.15, -0.1) is 0 Å². The molecule has 1 heterocycles. The van der Waals surface area contributed by atoms with Crippen LogP contribution in [0.3, 0.4) is 0 Å². The molecule has 0 aliphatic carbocycles. The summed E-state index contributed by atoms with van der Waals surface area (Å²) in [6.45, 7) is 9.41. The topological polar surface area (TPSA) is 92.4 Å². The Morgan fingerprint density at radius 1 is 1.22 bits per heavy atom. The van der Waals surface area contributed by atoms with Crippen LogP contribution in [0.1, 0.15) is 40.0 Å². The maximum Gasteiger partial charge on any atom is 0.252 e. The van der Waals surface area contributed by atoms with Gasteiger partial charge >= 0.3 is 0 Å². The number of carbonyl (C=O) groups excluding carboxylic acids is 1. The fourth-order valence-electron chi connectivity index (χ4n) is 4.31. The van der Waals surface area contributed by atoms with Crippen LogP contribution in [0.15, 0.2) is 47.6 Å². The predicted molar refractivity (Wildman–Crippen MR) is 155 cm³/mol. The van der Waals surface area contributed by atoms with Crippen molar-refractivity contribution in [2.75, 3.05) is 58.4 Å². The van der Waals surface area contributed by atoms with Crippen molar-refractivity contribution in [2.24, 2.45) is 10.7 Å². The van der Waals surface area contributed by atoms with Gasteiger partial charge in [0, 0.05) is 69.0 Å². The Kier molecular flexibility index (Phi) is 10.6. The van der Waals surface area contributed by atoms with Crippen LogP contribution in [0.2, 0.25) is 0 Å². The van der Waals surface area contributed by atoms with Crippen LogP contribution in [0, 0.1) is 6.92 Å². The third-order valence-electron chi connectivity index (χ3n) is 6.48. The average Bonchev–Trinajstić information content (AvgIpc) is 2.90. The van der Waals surface area contributed by atoms with E-state index in [9.17, 15) is 4.79 Å². The van der Waals surface area contributed by atoms with E-state index in [-0.39, 0.29) is 11.9 Å². The summed E-state index contributed by atoms with van der Waals surface area (Å²) in [6.07, 6.45) is 3.22. The molecule has 0 bridgehead atoms. The summed E-state index contributed by atoms with van der Waals surface area (Å²) in [4.78, 5) is 22.2. The normalized spacial score (nSPS) is 15.8. The Labute approximate surface area is 228 Å². The summed E-state index contributed by atoms with van der Waals surface area (Å²) in [5.41, 5.74) is 11.1. The lowest BCUT2D eigenvalue weighted by Gasteiger charge is -2.36. The van der Waals surface area contributed by atoms with Gasteiger partial charge in [-0.2, -0.15) is 0 Å². The smallest absolute Gasteiger partial charge is 0.252 e. The third kappa shape index (κ3) is 7.21. The maximum atomic E-state index is 13.4. The average molecular weight is 606 g/mol. The Morgan fingerprint density at radius 3 is 2.61 bits per heavy atom. The molecule has 0 spiro atoms. The van der Waals surface area contributed by atoms with Crippen LogP contribution >= 0.6 is 23.0 Å². The first-order chi connectivity index (χ1) is 17.4. The van der Waals surface area contributed by atoms with Crippen molar-refractivity contribution in [3.8, 4) is 5.75 Å². The van der Waals surface area contributed by atoms with E-state index in [1.54, 1.807) is 20.4 Å². The lowest BCUT2D eigenvalue weighted by atomic mass is 9.99. The molecular formula is C27H36IN5O3. The standard InChI is InChI=1S/C27H36IN5O3/c1-19-5-6-24(33-9-7-32(8-10-33)11-12-36-28)16-26(19)27(34)31-20(2)21-13-22(15-25(14-21)35-4)23(17-29)18-30-3/h5-6,13-18,20H,7-12,29H2,1-4H3,(H,31,34)/t20-/m1/s1. The molecule has 1 aliphatic heterocycles. The molecule has 0 aromatic heterocycles. The number of nitrogens with zero attached hydrogens (tertiary/aromatic N) is 3. The van der Waals surface area contributed by atoms with Gasteiger partial charge in [0.1, 0.15) is 28.8 Å². The molecule has 8 nitrogen and oxygen atoms in total. The molecule has 36 heavy (non-hydrogen) atoms. The first-order valence-corrected chi connectivity index (χ1v) is 12.9. The molecule has 9 heteroatoms. The van der Waals surface area contributed by atoms with Gasteiger partial charge in [0.05, 0.1) is 19.8 Å². The predicted octanol–water partition coefficient (Wildman–Crippen LogP) is 3.98. The molecule has 2 aromatic carbocycles. The Balaban J connectivity index is 1.75. The number of carbonyl (C=O) groups is 1. The van der Waals surface area contributed by atoms with Crippen molar-refractivity contribution in [3.63, 3.8) is 0 Å².